The van der Waals surface area contributed by atoms with Crippen molar-refractivity contribution in [3.63, 3.8) is 0 Å². The van der Waals surface area contributed by atoms with E-state index in [0.29, 0.717) is 17.8 Å². The Morgan fingerprint density at radius 1 is 1.24 bits per heavy atom. The topological polar surface area (TPSA) is 113 Å². The molecule has 0 N–H and O–H groups in total. The highest BCUT2D eigenvalue weighted by molar-refractivity contribution is 7.99. The first kappa shape index (κ1) is 20.5. The maximum Gasteiger partial charge on any atom is 0.417 e. The van der Waals surface area contributed by atoms with Crippen molar-refractivity contribution in [3.05, 3.63) is 31.9 Å². The van der Waals surface area contributed by atoms with Gasteiger partial charge in [0.05, 0.1) is 27.2 Å². The van der Waals surface area contributed by atoms with Crippen LogP contribution in [0, 0.1) is 31.6 Å². The van der Waals surface area contributed by atoms with Gasteiger partial charge >= 0.3 is 11.9 Å². The Balaban J connectivity index is 4.02. The average Bonchev–Trinajstić information content (AvgIpc) is 2.51. The fourth-order valence-corrected chi connectivity index (χ4v) is 3.10. The van der Waals surface area contributed by atoms with Crippen LogP contribution in [0.1, 0.15) is 19.4 Å². The summed E-state index contributed by atoms with van der Waals surface area (Å²) in [6, 6.07) is 1.89. The fraction of sp³-hybridized carbons (Fsp3) is 0.462. The molecule has 0 spiro atoms. The van der Waals surface area contributed by atoms with Crippen molar-refractivity contribution in [1.29, 1.82) is 5.26 Å². The van der Waals surface area contributed by atoms with Crippen molar-refractivity contribution in [3.8, 4) is 6.07 Å². The number of alkyl halides is 3. The summed E-state index contributed by atoms with van der Waals surface area (Å²) in [7, 11) is 0. The third kappa shape index (κ3) is 4.30. The van der Waals surface area contributed by atoms with Crippen LogP contribution in [0.3, 0.4) is 0 Å². The molecule has 0 radical (unpaired) electrons. The number of rotatable bonds is 7. The highest BCUT2D eigenvalue weighted by atomic mass is 32.2. The minimum Gasteiger partial charge on any atom is -0.361 e. The lowest BCUT2D eigenvalue weighted by molar-refractivity contribution is -0.395. The third-order valence-electron chi connectivity index (χ3n) is 3.25. The zero-order valence-electron chi connectivity index (χ0n) is 13.2. The largest absolute Gasteiger partial charge is 0.417 e. The highest BCUT2D eigenvalue weighted by Gasteiger charge is 2.43. The van der Waals surface area contributed by atoms with E-state index in [-0.39, 0.29) is 13.1 Å². The van der Waals surface area contributed by atoms with Gasteiger partial charge in [-0.25, -0.2) is 0 Å². The van der Waals surface area contributed by atoms with Crippen LogP contribution in [0.5, 0.6) is 0 Å². The Morgan fingerprint density at radius 3 is 2.16 bits per heavy atom. The Morgan fingerprint density at radius 2 is 1.80 bits per heavy atom. The smallest absolute Gasteiger partial charge is 0.361 e. The SMILES string of the molecule is CCN(CC)c1c([N+](=O)[O-])cc(C(F)(F)F)c(SCC#N)c1[N+](=O)[O-]. The highest BCUT2D eigenvalue weighted by Crippen LogP contribution is 2.50. The number of hydrogen-bond acceptors (Lipinski definition) is 7. The van der Waals surface area contributed by atoms with Gasteiger partial charge in [0.15, 0.2) is 5.69 Å². The number of hydrogen-bond donors (Lipinski definition) is 0. The minimum absolute atomic E-state index is 0.117. The van der Waals surface area contributed by atoms with Gasteiger partial charge in [0.25, 0.3) is 5.69 Å². The lowest BCUT2D eigenvalue weighted by Gasteiger charge is -2.23. The van der Waals surface area contributed by atoms with Crippen LogP contribution in [0.4, 0.5) is 30.2 Å². The first-order chi connectivity index (χ1) is 11.6. The van der Waals surface area contributed by atoms with Crippen LogP contribution < -0.4 is 4.90 Å². The molecule has 0 bridgehead atoms. The molecule has 0 aromatic heterocycles. The maximum atomic E-state index is 13.3. The molecule has 0 aliphatic heterocycles. The van der Waals surface area contributed by atoms with E-state index in [1.807, 2.05) is 0 Å². The predicted octanol–water partition coefficient (Wildman–Crippen LogP) is 3.98. The molecule has 25 heavy (non-hydrogen) atoms. The molecular weight excluding hydrogens is 365 g/mol. The van der Waals surface area contributed by atoms with E-state index in [1.54, 1.807) is 19.9 Å². The van der Waals surface area contributed by atoms with Crippen molar-refractivity contribution >= 4 is 28.8 Å². The van der Waals surface area contributed by atoms with E-state index >= 15 is 0 Å². The van der Waals surface area contributed by atoms with Crippen molar-refractivity contribution in [2.75, 3.05) is 23.7 Å². The molecule has 0 saturated carbocycles. The van der Waals surface area contributed by atoms with Gasteiger partial charge in [-0.2, -0.15) is 18.4 Å². The Kier molecular flexibility index (Phi) is 6.57. The van der Waals surface area contributed by atoms with E-state index in [0.717, 1.165) is 0 Å². The summed E-state index contributed by atoms with van der Waals surface area (Å²) in [6.45, 7) is 3.37. The quantitative estimate of drug-likeness (QED) is 0.400. The van der Waals surface area contributed by atoms with Gasteiger partial charge in [-0.1, -0.05) is 0 Å². The van der Waals surface area contributed by atoms with Crippen LogP contribution in [-0.2, 0) is 6.18 Å². The second kappa shape index (κ2) is 8.02. The molecule has 12 heteroatoms. The van der Waals surface area contributed by atoms with Gasteiger partial charge in [0, 0.05) is 19.2 Å². The van der Waals surface area contributed by atoms with Crippen LogP contribution in [0.2, 0.25) is 0 Å². The van der Waals surface area contributed by atoms with Crippen LogP contribution in [0.25, 0.3) is 0 Å². The number of nitrogens with zero attached hydrogens (tertiary/aromatic N) is 4. The number of halogens is 3. The molecule has 0 saturated heterocycles. The molecule has 0 aliphatic rings. The van der Waals surface area contributed by atoms with Crippen molar-refractivity contribution in [2.45, 2.75) is 24.9 Å². The van der Waals surface area contributed by atoms with Gasteiger partial charge in [-0.3, -0.25) is 20.2 Å². The van der Waals surface area contributed by atoms with Crippen LogP contribution in [0.15, 0.2) is 11.0 Å². The minimum atomic E-state index is -5.05. The van der Waals surface area contributed by atoms with Gasteiger partial charge in [-0.15, -0.1) is 11.8 Å². The Labute approximate surface area is 144 Å². The van der Waals surface area contributed by atoms with Crippen molar-refractivity contribution in [2.24, 2.45) is 0 Å². The molecule has 136 valence electrons. The monoisotopic (exact) mass is 378 g/mol. The fourth-order valence-electron chi connectivity index (χ4n) is 2.25. The third-order valence-corrected chi connectivity index (χ3v) is 4.23. The molecular formula is C13H13F3N4O4S. The van der Waals surface area contributed by atoms with Gasteiger partial charge in [0.1, 0.15) is 4.90 Å². The number of nitro benzene ring substituents is 2. The molecule has 0 heterocycles. The van der Waals surface area contributed by atoms with E-state index in [4.69, 9.17) is 5.26 Å². The molecule has 1 rings (SSSR count). The zero-order chi connectivity index (χ0) is 19.4. The summed E-state index contributed by atoms with van der Waals surface area (Å²) in [5.41, 5.74) is -4.00. The molecule has 8 nitrogen and oxygen atoms in total. The number of nitro groups is 2. The first-order valence-corrected chi connectivity index (χ1v) is 7.90. The number of thioether (sulfide) groups is 1. The molecule has 0 amide bonds. The Bertz CT molecular complexity index is 729. The summed E-state index contributed by atoms with van der Waals surface area (Å²) in [4.78, 5) is 21.1. The number of anilines is 1. The van der Waals surface area contributed by atoms with Crippen molar-refractivity contribution < 1.29 is 23.0 Å². The summed E-state index contributed by atoms with van der Waals surface area (Å²) in [5, 5.41) is 31.4. The number of benzene rings is 1. The molecule has 0 atom stereocenters. The molecule has 1 aromatic rings. The van der Waals surface area contributed by atoms with Crippen LogP contribution in [-0.4, -0.2) is 28.7 Å². The predicted molar refractivity (Wildman–Crippen MR) is 84.7 cm³/mol. The zero-order valence-corrected chi connectivity index (χ0v) is 14.0. The van der Waals surface area contributed by atoms with Gasteiger partial charge in [0.2, 0.25) is 0 Å². The lowest BCUT2D eigenvalue weighted by atomic mass is 10.1. The maximum absolute atomic E-state index is 13.3. The molecule has 0 aliphatic carbocycles. The van der Waals surface area contributed by atoms with E-state index in [9.17, 15) is 33.4 Å². The number of nitriles is 1. The molecule has 1 aromatic carbocycles. The van der Waals surface area contributed by atoms with Gasteiger partial charge in [-0.05, 0) is 13.8 Å². The Hall–Kier alpha value is -2.55. The average molecular weight is 378 g/mol. The van der Waals surface area contributed by atoms with E-state index in [1.165, 1.54) is 4.90 Å². The first-order valence-electron chi connectivity index (χ1n) is 6.91. The summed E-state index contributed by atoms with van der Waals surface area (Å²) in [5.74, 6) is -0.473. The lowest BCUT2D eigenvalue weighted by Crippen LogP contribution is -2.25. The standard InChI is InChI=1S/C13H13F3N4O4S/c1-3-18(4-2)10-9(19(21)22)7-8(13(14,15)16)12(25-6-5-17)11(10)20(23)24/h7H,3-4,6H2,1-2H3. The summed E-state index contributed by atoms with van der Waals surface area (Å²) < 4.78 is 39.9. The van der Waals surface area contributed by atoms with E-state index < -0.39 is 49.3 Å². The molecule has 0 fully saturated rings. The normalized spacial score (nSPS) is 11.0. The summed E-state index contributed by atoms with van der Waals surface area (Å²) >= 11 is 0.330. The van der Waals surface area contributed by atoms with E-state index in [2.05, 4.69) is 0 Å². The van der Waals surface area contributed by atoms with Crippen molar-refractivity contribution in [1.82, 2.24) is 0 Å². The second-order valence-corrected chi connectivity index (χ2v) is 5.59. The second-order valence-electron chi connectivity index (χ2n) is 4.60. The summed E-state index contributed by atoms with van der Waals surface area (Å²) in [6.07, 6.45) is -5.05. The van der Waals surface area contributed by atoms with Crippen LogP contribution >= 0.6 is 11.8 Å². The molecule has 0 unspecified atom stereocenters. The van der Waals surface area contributed by atoms with Gasteiger partial charge < -0.3 is 4.90 Å².